The fourth-order valence-corrected chi connectivity index (χ4v) is 0. The molecule has 0 unspecified atom stereocenters. The van der Waals surface area contributed by atoms with Crippen molar-refractivity contribution in [1.29, 1.82) is 0 Å². The van der Waals surface area contributed by atoms with Gasteiger partial charge in [-0.05, 0) is 0 Å². The topological polar surface area (TPSA) is 188 Å². The van der Waals surface area contributed by atoms with Gasteiger partial charge < -0.3 is 0 Å². The van der Waals surface area contributed by atoms with Crippen LogP contribution in [0.5, 0.6) is 0 Å². The Balaban J connectivity index is -0.0000000159. The van der Waals surface area contributed by atoms with E-state index in [1.165, 1.54) is 0 Å². The molecule has 0 saturated carbocycles. The van der Waals surface area contributed by atoms with Gasteiger partial charge in [-0.25, -0.2) is 0 Å². The quantitative estimate of drug-likeness (QED) is 0.383. The van der Waals surface area contributed by atoms with E-state index < -0.39 is 37.2 Å². The third-order valence-electron chi connectivity index (χ3n) is 0. The molecule has 0 aromatic rings. The van der Waals surface area contributed by atoms with Crippen LogP contribution in [0.1, 0.15) is 0 Å². The molecule has 11 nitrogen and oxygen atoms in total. The summed E-state index contributed by atoms with van der Waals surface area (Å²) < 4.78 is 92.1. The average Bonchev–Trinajstić information content (AvgIpc) is 2.40. The summed E-state index contributed by atoms with van der Waals surface area (Å²) in [5.41, 5.74) is 0. The first-order chi connectivity index (χ1) is 8.66. The fraction of sp³-hybridized carbons (Fsp3) is 0. The van der Waals surface area contributed by atoms with Crippen LogP contribution in [-0.2, 0) is 45.2 Å². The summed E-state index contributed by atoms with van der Waals surface area (Å²) in [6.45, 7) is 0. The molecule has 0 atom stereocenters. The van der Waals surface area contributed by atoms with E-state index in [1.54, 1.807) is 0 Å². The van der Waals surface area contributed by atoms with Crippen molar-refractivity contribution in [3.05, 3.63) is 0 Å². The van der Waals surface area contributed by atoms with Gasteiger partial charge in [-0.1, -0.05) is 0 Å². The maximum absolute atomic E-state index is 8.40. The van der Waals surface area contributed by atoms with E-state index in [0.717, 1.165) is 0 Å². The Morgan fingerprint density at radius 1 is 0.333 bits per heavy atom. The molecule has 0 aromatic heterocycles. The first-order valence-electron chi connectivity index (χ1n) is 2.50. The molecule has 0 aliphatic heterocycles. The van der Waals surface area contributed by atoms with Crippen LogP contribution in [0.4, 0.5) is 0 Å². The van der Waals surface area contributed by atoms with E-state index >= 15 is 0 Å². The summed E-state index contributed by atoms with van der Waals surface area (Å²) in [6.07, 6.45) is 0. The number of rotatable bonds is 0. The molecule has 0 rings (SSSR count). The Morgan fingerprint density at radius 2 is 0.333 bits per heavy atom. The molecule has 0 spiro atoms. The Kier molecular flexibility index (Phi) is 498. The van der Waals surface area contributed by atoms with E-state index in [-0.39, 0.29) is 0 Å². The Labute approximate surface area is 146 Å². The van der Waals surface area contributed by atoms with E-state index in [1.807, 2.05) is 0 Å². The van der Waals surface area contributed by atoms with Crippen LogP contribution >= 0.6 is 0 Å². The molecule has 0 aliphatic carbocycles. The second-order valence-electron chi connectivity index (χ2n) is 0.333. The molecular formula is Mg3O11Si4. The van der Waals surface area contributed by atoms with Crippen molar-refractivity contribution < 1.29 is 45.2 Å². The fourth-order valence-electron chi connectivity index (χ4n) is 0. The number of hydrogen-bond acceptors (Lipinski definition) is 11. The molecule has 0 aromatic carbocycles. The summed E-state index contributed by atoms with van der Waals surface area (Å²) in [6, 6.07) is 0. The molecule has 0 heterocycles. The molecule has 0 radical (unpaired) electrons. The molecule has 0 N–H and O–H groups in total. The first-order valence-corrected chi connectivity index (χ1v) is 7.50. The van der Waals surface area contributed by atoms with Crippen molar-refractivity contribution in [1.82, 2.24) is 0 Å². The van der Waals surface area contributed by atoms with E-state index in [9.17, 15) is 0 Å². The predicted molar refractivity (Wildman–Crippen MR) is 47.8 cm³/mol. The van der Waals surface area contributed by atoms with Gasteiger partial charge in [0.1, 0.15) is 0 Å². The van der Waals surface area contributed by atoms with Gasteiger partial charge in [-0.3, -0.25) is 35.7 Å². The van der Waals surface area contributed by atoms with Gasteiger partial charge in [0.05, 0.1) is 0 Å². The molecule has 0 aliphatic rings. The monoisotopic (exact) mass is 360 g/mol. The second kappa shape index (κ2) is 210. The van der Waals surface area contributed by atoms with Gasteiger partial charge in [0.2, 0.25) is 0 Å². The van der Waals surface area contributed by atoms with Crippen molar-refractivity contribution >= 4 is 102 Å². The minimum atomic E-state index is -1.42. The summed E-state index contributed by atoms with van der Waals surface area (Å²) in [7, 11) is -5.67. The molecule has 0 bridgehead atoms. The summed E-state index contributed by atoms with van der Waals surface area (Å²) in [5.74, 6) is 0. The van der Waals surface area contributed by atoms with Crippen LogP contribution in [-0.4, -0.2) is 102 Å². The zero-order chi connectivity index (χ0) is 16.8. The van der Waals surface area contributed by atoms with E-state index in [4.69, 9.17) is 45.2 Å². The third-order valence-corrected chi connectivity index (χ3v) is 0. The van der Waals surface area contributed by atoms with Crippen LogP contribution in [0.25, 0.3) is 0 Å². The van der Waals surface area contributed by atoms with Crippen LogP contribution in [0, 0.1) is 0 Å². The van der Waals surface area contributed by atoms with Crippen molar-refractivity contribution in [2.45, 2.75) is 0 Å². The van der Waals surface area contributed by atoms with Gasteiger partial charge in [0, 0.05) is 0 Å². The third kappa shape index (κ3) is 4630. The van der Waals surface area contributed by atoms with Crippen molar-refractivity contribution in [2.24, 2.45) is 0 Å². The van der Waals surface area contributed by atoms with Crippen LogP contribution in [0.15, 0.2) is 0 Å². The van der Waals surface area contributed by atoms with Crippen LogP contribution in [0.2, 0.25) is 0 Å². The molecule has 18 heteroatoms. The molecule has 0 saturated heterocycles. The van der Waals surface area contributed by atoms with Gasteiger partial charge in [0.25, 0.3) is 0 Å². The maximum atomic E-state index is 8.40. The molecular weight excluding hydrogens is 361 g/mol. The molecule has 88 valence electrons. The minimum absolute atomic E-state index is 0.611. The van der Waals surface area contributed by atoms with Crippen molar-refractivity contribution in [3.63, 3.8) is 0 Å². The number of hydrogen-bond donors (Lipinski definition) is 0. The summed E-state index contributed by atoms with van der Waals surface area (Å²) in [4.78, 5) is 0. The molecule has 0 fully saturated rings. The zero-order valence-corrected chi connectivity index (χ0v) is 16.9. The summed E-state index contributed by atoms with van der Waals surface area (Å²) >= 11 is 1.83. The Bertz CT molecular complexity index is 188. The van der Waals surface area contributed by atoms with Gasteiger partial charge in [-0.15, -0.1) is 0 Å². The Morgan fingerprint density at radius 3 is 0.333 bits per heavy atom. The van der Waals surface area contributed by atoms with Gasteiger partial charge in [-0.2, -0.15) is 0 Å². The summed E-state index contributed by atoms with van der Waals surface area (Å²) in [5, 5.41) is 0. The van der Waals surface area contributed by atoms with Gasteiger partial charge >= 0.3 is 112 Å². The predicted octanol–water partition coefficient (Wildman–Crippen LogP) is -3.97. The van der Waals surface area contributed by atoms with Gasteiger partial charge in [0.15, 0.2) is 0 Å². The van der Waals surface area contributed by atoms with Crippen LogP contribution < -0.4 is 0 Å². The normalized spacial score (nSPS) is 2.78. The van der Waals surface area contributed by atoms with E-state index in [0.29, 0.717) is 65.1 Å². The van der Waals surface area contributed by atoms with E-state index in [2.05, 4.69) is 0 Å². The van der Waals surface area contributed by atoms with Crippen molar-refractivity contribution in [2.75, 3.05) is 0 Å². The molecule has 0 amide bonds. The molecule has 18 heavy (non-hydrogen) atoms. The zero-order valence-electron chi connectivity index (χ0n) is 8.61. The first kappa shape index (κ1) is 42.8. The van der Waals surface area contributed by atoms with Crippen LogP contribution in [0.3, 0.4) is 0 Å². The Hall–Kier alpha value is 0.966. The standard InChI is InChI=1S/3Mg.4O2Si.3O/c;;;4*1-3-2;;;. The second-order valence-corrected chi connectivity index (χ2v) is 1.00. The SMILES string of the molecule is O=[Si]=O.O=[Si]=O.O=[Si]=O.O=[Si]=O.[O]=[Mg].[O]=[Mg].[O]=[Mg]. The average molecular weight is 361 g/mol. The van der Waals surface area contributed by atoms with Crippen molar-refractivity contribution in [3.8, 4) is 0 Å².